The highest BCUT2D eigenvalue weighted by Crippen LogP contribution is 1.87. The molecule has 0 rings (SSSR count). The first-order chi connectivity index (χ1) is 8.58. The third kappa shape index (κ3) is 20.5. The summed E-state index contributed by atoms with van der Waals surface area (Å²) in [6.45, 7) is 0.817. The summed E-state index contributed by atoms with van der Waals surface area (Å²) >= 11 is 2.71. The van der Waals surface area contributed by atoms with Crippen LogP contribution in [0.5, 0.6) is 0 Å². The number of hydrogen-bond donors (Lipinski definition) is 3. The summed E-state index contributed by atoms with van der Waals surface area (Å²) in [5.41, 5.74) is 7.90. The van der Waals surface area contributed by atoms with Crippen molar-refractivity contribution in [2.24, 2.45) is 5.11 Å². The van der Waals surface area contributed by atoms with Gasteiger partial charge in [0.2, 0.25) is 0 Å². The molecule has 9 nitrogen and oxygen atoms in total. The fourth-order valence-electron chi connectivity index (χ4n) is 0.566. The van der Waals surface area contributed by atoms with Crippen molar-refractivity contribution in [3.63, 3.8) is 0 Å². The molecule has 106 valence electrons. The number of rotatable bonds is 9. The van der Waals surface area contributed by atoms with Gasteiger partial charge in [-0.25, -0.2) is 0 Å². The summed E-state index contributed by atoms with van der Waals surface area (Å²) in [7, 11) is 0. The molecule has 0 saturated carbocycles. The van der Waals surface area contributed by atoms with E-state index >= 15 is 0 Å². The van der Waals surface area contributed by atoms with Gasteiger partial charge in [0, 0.05) is 4.91 Å². The Labute approximate surface area is 112 Å². The molecule has 0 heterocycles. The average Bonchev–Trinajstić information content (AvgIpc) is 2.34. The largest absolute Gasteiger partial charge is 0.481 e. The highest BCUT2D eigenvalue weighted by Gasteiger charge is 1.98. The van der Waals surface area contributed by atoms with E-state index in [-0.39, 0.29) is 31.8 Å². The molecule has 18 heavy (non-hydrogen) atoms. The lowest BCUT2D eigenvalue weighted by molar-refractivity contribution is -0.133. The van der Waals surface area contributed by atoms with E-state index in [1.165, 1.54) is 0 Å². The monoisotopic (exact) mass is 329 g/mol. The molecule has 1 unspecified atom stereocenters. The summed E-state index contributed by atoms with van der Waals surface area (Å²) in [6.07, 6.45) is -1.15. The molecule has 10 heteroatoms. The Morgan fingerprint density at radius 1 is 1.39 bits per heavy atom. The van der Waals surface area contributed by atoms with Crippen LogP contribution >= 0.6 is 15.9 Å². The summed E-state index contributed by atoms with van der Waals surface area (Å²) in [5.74, 6) is -0.829. The van der Waals surface area contributed by atoms with Crippen LogP contribution in [0.25, 0.3) is 10.4 Å². The van der Waals surface area contributed by atoms with Gasteiger partial charge in [0.15, 0.2) is 6.23 Å². The van der Waals surface area contributed by atoms with E-state index in [4.69, 9.17) is 30.3 Å². The molecule has 0 aromatic heterocycles. The number of nitrogens with zero attached hydrogens (tertiary/aromatic N) is 3. The summed E-state index contributed by atoms with van der Waals surface area (Å²) < 4.78 is 9.74. The number of alkyl halides is 1. The molecule has 0 aromatic carbocycles. The number of aliphatic hydroxyl groups is 2. The SMILES string of the molecule is O=C(O)CBr.[N-]=[N+]=NC(O)COCCOCCO. The van der Waals surface area contributed by atoms with Gasteiger partial charge in [-0.05, 0) is 5.53 Å². The van der Waals surface area contributed by atoms with Gasteiger partial charge in [0.25, 0.3) is 0 Å². The van der Waals surface area contributed by atoms with Crippen molar-refractivity contribution in [3.05, 3.63) is 10.4 Å². The highest BCUT2D eigenvalue weighted by molar-refractivity contribution is 9.09. The fraction of sp³-hybridized carbons (Fsp3) is 0.875. The molecule has 0 saturated heterocycles. The number of hydrogen-bond acceptors (Lipinski definition) is 6. The number of ether oxygens (including phenoxy) is 2. The van der Waals surface area contributed by atoms with Crippen LogP contribution in [0.1, 0.15) is 0 Å². The lowest BCUT2D eigenvalue weighted by Crippen LogP contribution is -2.15. The zero-order chi connectivity index (χ0) is 14.2. The van der Waals surface area contributed by atoms with Gasteiger partial charge in [0.1, 0.15) is 5.33 Å². The van der Waals surface area contributed by atoms with Gasteiger partial charge in [-0.15, -0.1) is 0 Å². The first-order valence-electron chi connectivity index (χ1n) is 4.84. The molecule has 0 aliphatic carbocycles. The maximum absolute atomic E-state index is 9.32. The molecule has 0 spiro atoms. The second-order valence-corrected chi connectivity index (χ2v) is 3.18. The molecular weight excluding hydrogens is 314 g/mol. The maximum Gasteiger partial charge on any atom is 0.314 e. The molecule has 0 amide bonds. The number of aliphatic carboxylic acids is 1. The molecule has 0 radical (unpaired) electrons. The summed E-state index contributed by atoms with van der Waals surface area (Å²) in [4.78, 5) is 11.7. The van der Waals surface area contributed by atoms with Crippen LogP contribution in [-0.4, -0.2) is 65.9 Å². The lowest BCUT2D eigenvalue weighted by Gasteiger charge is -2.05. The molecule has 0 bridgehead atoms. The zero-order valence-electron chi connectivity index (χ0n) is 9.61. The van der Waals surface area contributed by atoms with Crippen molar-refractivity contribution in [3.8, 4) is 0 Å². The Morgan fingerprint density at radius 2 is 1.94 bits per heavy atom. The summed E-state index contributed by atoms with van der Waals surface area (Å²) in [5, 5.41) is 27.8. The number of carboxylic acid groups (broad SMARTS) is 1. The first-order valence-corrected chi connectivity index (χ1v) is 5.97. The fourth-order valence-corrected chi connectivity index (χ4v) is 0.566. The van der Waals surface area contributed by atoms with Crippen LogP contribution in [0, 0.1) is 0 Å². The van der Waals surface area contributed by atoms with E-state index in [2.05, 4.69) is 26.0 Å². The number of azide groups is 1. The van der Waals surface area contributed by atoms with E-state index in [1.807, 2.05) is 0 Å². The van der Waals surface area contributed by atoms with Crippen molar-refractivity contribution >= 4 is 21.9 Å². The van der Waals surface area contributed by atoms with E-state index in [0.717, 1.165) is 0 Å². The second-order valence-electron chi connectivity index (χ2n) is 2.62. The minimum atomic E-state index is -1.15. The third-order valence-corrected chi connectivity index (χ3v) is 1.65. The number of carboxylic acids is 1. The Hall–Kier alpha value is -0.900. The van der Waals surface area contributed by atoms with Crippen molar-refractivity contribution in [2.75, 3.05) is 38.4 Å². The number of aliphatic hydroxyl groups excluding tert-OH is 2. The molecule has 0 aromatic rings. The lowest BCUT2D eigenvalue weighted by atomic mass is 10.6. The van der Waals surface area contributed by atoms with Gasteiger partial charge in [-0.3, -0.25) is 4.79 Å². The third-order valence-electron chi connectivity index (χ3n) is 1.17. The normalized spacial score (nSPS) is 10.8. The smallest absolute Gasteiger partial charge is 0.314 e. The van der Waals surface area contributed by atoms with Crippen LogP contribution in [0.3, 0.4) is 0 Å². The van der Waals surface area contributed by atoms with Crippen molar-refractivity contribution < 1.29 is 29.6 Å². The topological polar surface area (TPSA) is 145 Å². The minimum Gasteiger partial charge on any atom is -0.481 e. The van der Waals surface area contributed by atoms with Gasteiger partial charge in [-0.2, -0.15) is 0 Å². The van der Waals surface area contributed by atoms with Gasteiger partial charge in [0.05, 0.1) is 33.0 Å². The first kappa shape index (κ1) is 19.4. The van der Waals surface area contributed by atoms with E-state index in [0.29, 0.717) is 6.61 Å². The zero-order valence-corrected chi connectivity index (χ0v) is 11.2. The second kappa shape index (κ2) is 16.1. The maximum atomic E-state index is 9.32. The average molecular weight is 330 g/mol. The quantitative estimate of drug-likeness (QED) is 0.180. The number of carbonyl (C=O) groups is 1. The Bertz CT molecular complexity index is 249. The predicted molar refractivity (Wildman–Crippen MR) is 65.3 cm³/mol. The van der Waals surface area contributed by atoms with Crippen LogP contribution in [0.15, 0.2) is 5.11 Å². The molecular formula is C8H16BrN3O6. The number of halogens is 1. The Balaban J connectivity index is 0. The molecule has 1 atom stereocenters. The summed E-state index contributed by atoms with van der Waals surface area (Å²) in [6, 6.07) is 0. The van der Waals surface area contributed by atoms with Crippen molar-refractivity contribution in [1.29, 1.82) is 0 Å². The molecule has 3 N–H and O–H groups in total. The minimum absolute atomic E-state index is 0.0264. The molecule has 0 fully saturated rings. The highest BCUT2D eigenvalue weighted by atomic mass is 79.9. The van der Waals surface area contributed by atoms with Crippen LogP contribution in [0.2, 0.25) is 0 Å². The van der Waals surface area contributed by atoms with Gasteiger partial charge < -0.3 is 24.8 Å². The van der Waals surface area contributed by atoms with Crippen molar-refractivity contribution in [1.82, 2.24) is 0 Å². The van der Waals surface area contributed by atoms with E-state index in [1.54, 1.807) is 0 Å². The van der Waals surface area contributed by atoms with Crippen LogP contribution < -0.4 is 0 Å². The van der Waals surface area contributed by atoms with Gasteiger partial charge >= 0.3 is 5.97 Å². The Morgan fingerprint density at radius 3 is 2.39 bits per heavy atom. The molecule has 0 aliphatic heterocycles. The van der Waals surface area contributed by atoms with E-state index in [9.17, 15) is 4.79 Å². The van der Waals surface area contributed by atoms with E-state index < -0.39 is 12.2 Å². The molecule has 0 aliphatic rings. The van der Waals surface area contributed by atoms with Crippen molar-refractivity contribution in [2.45, 2.75) is 6.23 Å². The van der Waals surface area contributed by atoms with Crippen LogP contribution in [0.4, 0.5) is 0 Å². The van der Waals surface area contributed by atoms with Gasteiger partial charge in [-0.1, -0.05) is 21.0 Å². The van der Waals surface area contributed by atoms with Crippen LogP contribution in [-0.2, 0) is 14.3 Å². The Kier molecular flexibility index (Phi) is 17.4. The predicted octanol–water partition coefficient (Wildman–Crippen LogP) is 0.106. The standard InChI is InChI=1S/C6H13N3O4.C2H3BrO2/c7-9-8-6(11)5-13-4-3-12-2-1-10;3-1-2(4)5/h6,10-11H,1-5H2;1H2,(H,4,5).